The van der Waals surface area contributed by atoms with Crippen molar-refractivity contribution in [3.8, 4) is 5.75 Å². The van der Waals surface area contributed by atoms with Gasteiger partial charge in [-0.3, -0.25) is 0 Å². The van der Waals surface area contributed by atoms with Crippen molar-refractivity contribution in [1.29, 1.82) is 0 Å². The van der Waals surface area contributed by atoms with Crippen LogP contribution in [0.1, 0.15) is 90.5 Å². The number of hydrogen-bond acceptors (Lipinski definition) is 1. The zero-order valence-electron chi connectivity index (χ0n) is 19.6. The normalized spacial score (nSPS) is 13.2. The quantitative estimate of drug-likeness (QED) is 0.124. The number of hydrogen-bond donors (Lipinski definition) is 0. The van der Waals surface area contributed by atoms with Crippen molar-refractivity contribution in [3.05, 3.63) is 60.2 Å². The summed E-state index contributed by atoms with van der Waals surface area (Å²) in [5.74, 6) is 0.969. The van der Waals surface area contributed by atoms with E-state index >= 15 is 0 Å². The van der Waals surface area contributed by atoms with Crippen LogP contribution >= 0.6 is 15.9 Å². The van der Waals surface area contributed by atoms with E-state index in [0.717, 1.165) is 36.9 Å². The van der Waals surface area contributed by atoms with Crippen LogP contribution in [0, 0.1) is 5.41 Å². The Bertz CT molecular complexity index is 625. The molecule has 1 aromatic carbocycles. The lowest BCUT2D eigenvalue weighted by Gasteiger charge is -2.20. The van der Waals surface area contributed by atoms with Crippen LogP contribution in [0.15, 0.2) is 54.6 Å². The van der Waals surface area contributed by atoms with Gasteiger partial charge in [0.2, 0.25) is 0 Å². The van der Waals surface area contributed by atoms with Crippen molar-refractivity contribution in [1.82, 2.24) is 0 Å². The fourth-order valence-corrected chi connectivity index (χ4v) is 3.73. The lowest BCUT2D eigenvalue weighted by molar-refractivity contribution is 0.304. The molecule has 0 N–H and O–H groups in total. The van der Waals surface area contributed by atoms with Gasteiger partial charge in [-0.05, 0) is 57.2 Å². The minimum Gasteiger partial charge on any atom is -0.494 e. The Balaban J connectivity index is 2.28. The molecule has 2 heteroatoms. The van der Waals surface area contributed by atoms with Gasteiger partial charge in [-0.2, -0.15) is 0 Å². The highest BCUT2D eigenvalue weighted by Gasteiger charge is 2.14. The van der Waals surface area contributed by atoms with Crippen molar-refractivity contribution in [3.63, 3.8) is 0 Å². The van der Waals surface area contributed by atoms with Gasteiger partial charge >= 0.3 is 0 Å². The Morgan fingerprint density at radius 2 is 1.57 bits per heavy atom. The number of alkyl halides is 1. The molecule has 0 fully saturated rings. The first-order chi connectivity index (χ1) is 14.5. The van der Waals surface area contributed by atoms with Crippen LogP contribution in [-0.4, -0.2) is 11.9 Å². The van der Waals surface area contributed by atoms with Crippen LogP contribution in [0.25, 0.3) is 6.08 Å². The average molecular weight is 476 g/mol. The first-order valence-electron chi connectivity index (χ1n) is 11.7. The minimum atomic E-state index is 0.0228. The van der Waals surface area contributed by atoms with Crippen LogP contribution in [0.4, 0.5) is 0 Å². The standard InChI is InChI=1S/C28H43BrO/c1-5-28(4,21-14-15-25(2)3)22-20-26-16-18-27(19-17-26)30-24-13-11-9-7-6-8-10-12-23-29/h5,15-20,22H,1,6-14,21,23-24H2,2-4H3/b22-20+/t28-/m1/s1. The van der Waals surface area contributed by atoms with E-state index in [0.29, 0.717) is 0 Å². The Kier molecular flexibility index (Phi) is 14.6. The smallest absolute Gasteiger partial charge is 0.119 e. The number of allylic oxidation sites excluding steroid dienone is 4. The van der Waals surface area contributed by atoms with Gasteiger partial charge in [0.25, 0.3) is 0 Å². The Hall–Kier alpha value is -1.28. The third-order valence-electron chi connectivity index (χ3n) is 5.54. The number of rotatable bonds is 17. The maximum Gasteiger partial charge on any atom is 0.119 e. The molecule has 1 aromatic rings. The predicted octanol–water partition coefficient (Wildman–Crippen LogP) is 9.53. The van der Waals surface area contributed by atoms with E-state index in [4.69, 9.17) is 4.74 Å². The molecular formula is C28H43BrO. The summed E-state index contributed by atoms with van der Waals surface area (Å²) in [7, 11) is 0. The summed E-state index contributed by atoms with van der Waals surface area (Å²) in [5.41, 5.74) is 2.61. The van der Waals surface area contributed by atoms with E-state index in [1.54, 1.807) is 0 Å². The summed E-state index contributed by atoms with van der Waals surface area (Å²) < 4.78 is 5.91. The SMILES string of the molecule is C=C[C@@](C)(/C=C/c1ccc(OCCCCCCCCCCBr)cc1)CCC=C(C)C. The second kappa shape index (κ2) is 16.4. The van der Waals surface area contributed by atoms with Crippen molar-refractivity contribution < 1.29 is 4.74 Å². The van der Waals surface area contributed by atoms with E-state index in [1.807, 2.05) is 0 Å². The molecule has 0 aromatic heterocycles. The van der Waals surface area contributed by atoms with Gasteiger partial charge in [-0.25, -0.2) is 0 Å². The summed E-state index contributed by atoms with van der Waals surface area (Å²) in [4.78, 5) is 0. The number of halogens is 1. The van der Waals surface area contributed by atoms with E-state index in [-0.39, 0.29) is 5.41 Å². The number of benzene rings is 1. The van der Waals surface area contributed by atoms with E-state index in [2.05, 4.69) is 91.8 Å². The molecule has 1 atom stereocenters. The number of unbranched alkanes of at least 4 members (excludes halogenated alkanes) is 7. The van der Waals surface area contributed by atoms with Crippen LogP contribution < -0.4 is 4.74 Å². The van der Waals surface area contributed by atoms with Gasteiger partial charge in [-0.1, -0.05) is 103 Å². The molecule has 0 aliphatic heterocycles. The fraction of sp³-hybridized carbons (Fsp3) is 0.571. The third kappa shape index (κ3) is 13.1. The van der Waals surface area contributed by atoms with Crippen molar-refractivity contribution >= 4 is 22.0 Å². The third-order valence-corrected chi connectivity index (χ3v) is 6.10. The zero-order chi connectivity index (χ0) is 22.1. The molecule has 0 unspecified atom stereocenters. The topological polar surface area (TPSA) is 9.23 Å². The first-order valence-corrected chi connectivity index (χ1v) is 12.9. The van der Waals surface area contributed by atoms with Gasteiger partial charge < -0.3 is 4.74 Å². The maximum atomic E-state index is 5.91. The molecule has 0 heterocycles. The second-order valence-electron chi connectivity index (χ2n) is 8.80. The lowest BCUT2D eigenvalue weighted by Crippen LogP contribution is -2.08. The van der Waals surface area contributed by atoms with E-state index < -0.39 is 0 Å². The Morgan fingerprint density at radius 3 is 2.13 bits per heavy atom. The van der Waals surface area contributed by atoms with Gasteiger partial charge in [0.05, 0.1) is 6.61 Å². The molecule has 0 bridgehead atoms. The summed E-state index contributed by atoms with van der Waals surface area (Å²) in [5, 5.41) is 1.15. The molecule has 0 amide bonds. The maximum absolute atomic E-state index is 5.91. The van der Waals surface area contributed by atoms with E-state index in [1.165, 1.54) is 56.1 Å². The molecular weight excluding hydrogens is 432 g/mol. The summed E-state index contributed by atoms with van der Waals surface area (Å²) >= 11 is 3.49. The fourth-order valence-electron chi connectivity index (χ4n) is 3.33. The Morgan fingerprint density at radius 1 is 0.967 bits per heavy atom. The molecule has 0 aliphatic rings. The van der Waals surface area contributed by atoms with Crippen molar-refractivity contribution in [2.75, 3.05) is 11.9 Å². The number of ether oxygens (including phenoxy) is 1. The molecule has 1 rings (SSSR count). The minimum absolute atomic E-state index is 0.0228. The largest absolute Gasteiger partial charge is 0.494 e. The van der Waals surface area contributed by atoms with Crippen LogP contribution in [0.3, 0.4) is 0 Å². The molecule has 30 heavy (non-hydrogen) atoms. The molecule has 0 radical (unpaired) electrons. The molecule has 1 nitrogen and oxygen atoms in total. The first kappa shape index (κ1) is 26.8. The van der Waals surface area contributed by atoms with Gasteiger partial charge in [-0.15, -0.1) is 6.58 Å². The van der Waals surface area contributed by atoms with E-state index in [9.17, 15) is 0 Å². The van der Waals surface area contributed by atoms with Crippen molar-refractivity contribution in [2.45, 2.75) is 85.0 Å². The lowest BCUT2D eigenvalue weighted by atomic mass is 9.84. The molecule has 0 saturated heterocycles. The zero-order valence-corrected chi connectivity index (χ0v) is 21.2. The summed E-state index contributed by atoms with van der Waals surface area (Å²) in [6.07, 6.45) is 21.5. The van der Waals surface area contributed by atoms with Gasteiger partial charge in [0, 0.05) is 10.7 Å². The molecule has 0 aliphatic carbocycles. The summed E-state index contributed by atoms with van der Waals surface area (Å²) in [6.45, 7) is 11.4. The van der Waals surface area contributed by atoms with Gasteiger partial charge in [0.1, 0.15) is 5.75 Å². The molecule has 0 spiro atoms. The van der Waals surface area contributed by atoms with Crippen molar-refractivity contribution in [2.24, 2.45) is 5.41 Å². The molecule has 0 saturated carbocycles. The highest BCUT2D eigenvalue weighted by atomic mass is 79.9. The Labute approximate surface area is 194 Å². The van der Waals surface area contributed by atoms with Crippen LogP contribution in [-0.2, 0) is 0 Å². The van der Waals surface area contributed by atoms with Crippen LogP contribution in [0.5, 0.6) is 5.75 Å². The highest BCUT2D eigenvalue weighted by molar-refractivity contribution is 9.09. The highest BCUT2D eigenvalue weighted by Crippen LogP contribution is 2.28. The predicted molar refractivity (Wildman–Crippen MR) is 139 cm³/mol. The monoisotopic (exact) mass is 474 g/mol. The molecule has 168 valence electrons. The van der Waals surface area contributed by atoms with Gasteiger partial charge in [0.15, 0.2) is 0 Å². The van der Waals surface area contributed by atoms with Crippen LogP contribution in [0.2, 0.25) is 0 Å². The summed E-state index contributed by atoms with van der Waals surface area (Å²) in [6, 6.07) is 8.44. The second-order valence-corrected chi connectivity index (χ2v) is 9.59. The average Bonchev–Trinajstić information content (AvgIpc) is 2.74.